The fourth-order valence-electron chi connectivity index (χ4n) is 3.24. The summed E-state index contributed by atoms with van der Waals surface area (Å²) in [4.78, 5) is 38.4. The Kier molecular flexibility index (Phi) is 8.83. The van der Waals surface area contributed by atoms with Gasteiger partial charge in [-0.3, -0.25) is 19.7 Å². The van der Waals surface area contributed by atoms with E-state index in [1.54, 1.807) is 43.3 Å². The Labute approximate surface area is 191 Å². The van der Waals surface area contributed by atoms with Crippen LogP contribution in [0.1, 0.15) is 38.3 Å². The summed E-state index contributed by atoms with van der Waals surface area (Å²) in [5.74, 6) is -0.704. The second-order valence-electron chi connectivity index (χ2n) is 7.41. The van der Waals surface area contributed by atoms with E-state index in [4.69, 9.17) is 23.2 Å². The number of hydrogen-bond donors (Lipinski definition) is 1. The zero-order valence-corrected chi connectivity index (χ0v) is 19.1. The smallest absolute Gasteiger partial charge is 0.273 e. The number of para-hydroxylation sites is 1. The number of carbonyl (C=O) groups excluding carboxylic acids is 2. The summed E-state index contributed by atoms with van der Waals surface area (Å²) in [6, 6.07) is 10.1. The minimum Gasteiger partial charge on any atom is -0.352 e. The number of rotatable bonds is 9. The van der Waals surface area contributed by atoms with Crippen molar-refractivity contribution >= 4 is 40.7 Å². The summed E-state index contributed by atoms with van der Waals surface area (Å²) in [7, 11) is 0. The number of nitro groups is 1. The molecule has 0 saturated heterocycles. The van der Waals surface area contributed by atoms with Crippen LogP contribution in [0.15, 0.2) is 42.5 Å². The van der Waals surface area contributed by atoms with Crippen molar-refractivity contribution < 1.29 is 14.5 Å². The molecule has 31 heavy (non-hydrogen) atoms. The van der Waals surface area contributed by atoms with Gasteiger partial charge >= 0.3 is 0 Å². The van der Waals surface area contributed by atoms with Crippen molar-refractivity contribution in [3.8, 4) is 0 Å². The van der Waals surface area contributed by atoms with Crippen molar-refractivity contribution in [3.05, 3.63) is 73.8 Å². The Balaban J connectivity index is 2.41. The van der Waals surface area contributed by atoms with Crippen molar-refractivity contribution in [1.82, 2.24) is 10.2 Å². The molecular weight excluding hydrogens is 441 g/mol. The van der Waals surface area contributed by atoms with Gasteiger partial charge in [0.2, 0.25) is 11.8 Å². The van der Waals surface area contributed by atoms with Crippen LogP contribution in [0.3, 0.4) is 0 Å². The van der Waals surface area contributed by atoms with E-state index in [1.165, 1.54) is 11.0 Å². The molecule has 0 radical (unpaired) electrons. The molecule has 1 atom stereocenters. The maximum absolute atomic E-state index is 13.3. The normalized spacial score (nSPS) is 11.8. The summed E-state index contributed by atoms with van der Waals surface area (Å²) in [5, 5.41) is 15.0. The lowest BCUT2D eigenvalue weighted by Gasteiger charge is -2.31. The molecule has 2 aromatic rings. The van der Waals surface area contributed by atoms with Crippen molar-refractivity contribution in [3.63, 3.8) is 0 Å². The lowest BCUT2D eigenvalue weighted by Crippen LogP contribution is -2.50. The third-order valence-corrected chi connectivity index (χ3v) is 5.29. The van der Waals surface area contributed by atoms with Crippen molar-refractivity contribution in [2.45, 2.75) is 52.2 Å². The Morgan fingerprint density at radius 3 is 2.39 bits per heavy atom. The first-order valence-corrected chi connectivity index (χ1v) is 10.7. The van der Waals surface area contributed by atoms with Gasteiger partial charge < -0.3 is 10.2 Å². The molecule has 9 heteroatoms. The van der Waals surface area contributed by atoms with Gasteiger partial charge in [0.05, 0.1) is 11.3 Å². The highest BCUT2D eigenvalue weighted by atomic mass is 35.5. The van der Waals surface area contributed by atoms with Gasteiger partial charge in [-0.2, -0.15) is 0 Å². The Bertz CT molecular complexity index is 966. The van der Waals surface area contributed by atoms with E-state index in [2.05, 4.69) is 5.32 Å². The quantitative estimate of drug-likeness (QED) is 0.426. The van der Waals surface area contributed by atoms with Crippen LogP contribution in [0.25, 0.3) is 0 Å². The molecule has 0 bridgehead atoms. The van der Waals surface area contributed by atoms with Crippen LogP contribution in [-0.4, -0.2) is 33.7 Å². The molecular formula is C22H25Cl2N3O4. The zero-order chi connectivity index (χ0) is 23.1. The van der Waals surface area contributed by atoms with Crippen LogP contribution >= 0.6 is 23.2 Å². The van der Waals surface area contributed by atoms with E-state index in [0.29, 0.717) is 22.0 Å². The molecule has 0 heterocycles. The van der Waals surface area contributed by atoms with Crippen molar-refractivity contribution in [1.29, 1.82) is 0 Å². The van der Waals surface area contributed by atoms with Crippen molar-refractivity contribution in [2.24, 2.45) is 0 Å². The summed E-state index contributed by atoms with van der Waals surface area (Å²) in [6.07, 6.45) is 0.153. The number of benzene rings is 2. The van der Waals surface area contributed by atoms with Crippen LogP contribution < -0.4 is 5.32 Å². The molecule has 166 valence electrons. The number of hydrogen-bond acceptors (Lipinski definition) is 4. The monoisotopic (exact) mass is 465 g/mol. The average molecular weight is 466 g/mol. The lowest BCUT2D eigenvalue weighted by molar-refractivity contribution is -0.385. The van der Waals surface area contributed by atoms with Crippen LogP contribution in [0, 0.1) is 10.1 Å². The van der Waals surface area contributed by atoms with Crippen LogP contribution in [0.5, 0.6) is 0 Å². The van der Waals surface area contributed by atoms with Crippen LogP contribution in [0.4, 0.5) is 5.69 Å². The van der Waals surface area contributed by atoms with Crippen LogP contribution in [0.2, 0.25) is 10.0 Å². The molecule has 0 aromatic heterocycles. The summed E-state index contributed by atoms with van der Waals surface area (Å²) in [6.45, 7) is 5.54. The largest absolute Gasteiger partial charge is 0.352 e. The highest BCUT2D eigenvalue weighted by Gasteiger charge is 2.30. The highest BCUT2D eigenvalue weighted by molar-refractivity contribution is 6.35. The molecule has 2 rings (SSSR count). The number of carbonyl (C=O) groups is 2. The van der Waals surface area contributed by atoms with Gasteiger partial charge in [0.1, 0.15) is 6.04 Å². The van der Waals surface area contributed by atoms with E-state index in [9.17, 15) is 19.7 Å². The molecule has 0 aliphatic rings. The summed E-state index contributed by atoms with van der Waals surface area (Å²) >= 11 is 12.3. The van der Waals surface area contributed by atoms with Gasteiger partial charge in [0.15, 0.2) is 0 Å². The van der Waals surface area contributed by atoms with Gasteiger partial charge in [0.25, 0.3) is 5.69 Å². The van der Waals surface area contributed by atoms with Crippen LogP contribution in [-0.2, 0) is 22.6 Å². The first-order valence-electron chi connectivity index (χ1n) is 9.90. The van der Waals surface area contributed by atoms with E-state index >= 15 is 0 Å². The molecule has 0 unspecified atom stereocenters. The second-order valence-corrected chi connectivity index (χ2v) is 8.25. The molecule has 0 aliphatic heterocycles. The topological polar surface area (TPSA) is 92.6 Å². The third kappa shape index (κ3) is 6.67. The fourth-order valence-corrected chi connectivity index (χ4v) is 3.70. The van der Waals surface area contributed by atoms with Crippen molar-refractivity contribution in [2.75, 3.05) is 0 Å². The maximum Gasteiger partial charge on any atom is 0.273 e. The number of amides is 2. The van der Waals surface area contributed by atoms with Gasteiger partial charge in [-0.15, -0.1) is 0 Å². The minimum atomic E-state index is -0.760. The van der Waals surface area contributed by atoms with Gasteiger partial charge in [-0.05, 0) is 38.0 Å². The Morgan fingerprint density at radius 2 is 1.81 bits per heavy atom. The number of halogens is 2. The zero-order valence-electron chi connectivity index (χ0n) is 17.6. The van der Waals surface area contributed by atoms with E-state index < -0.39 is 16.9 Å². The third-order valence-electron chi connectivity index (χ3n) is 4.70. The lowest BCUT2D eigenvalue weighted by atomic mass is 10.1. The maximum atomic E-state index is 13.3. The standard InChI is InChI=1S/C22H25Cl2N3O4/c1-4-19(22(29)25-14(2)3)26(13-16-9-10-17(23)12-18(16)24)21(28)11-15-7-5-6-8-20(15)27(30)31/h5-10,12,14,19H,4,11,13H2,1-3H3,(H,25,29)/t19-/m0/s1. The first kappa shape index (κ1) is 24.6. The number of nitrogens with zero attached hydrogens (tertiary/aromatic N) is 2. The Morgan fingerprint density at radius 1 is 1.13 bits per heavy atom. The molecule has 2 amide bonds. The van der Waals surface area contributed by atoms with Gasteiger partial charge in [0, 0.05) is 34.3 Å². The molecule has 0 saturated carbocycles. The first-order chi connectivity index (χ1) is 14.6. The molecule has 7 nitrogen and oxygen atoms in total. The van der Waals surface area contributed by atoms with Gasteiger partial charge in [-0.1, -0.05) is 54.4 Å². The van der Waals surface area contributed by atoms with E-state index in [0.717, 1.165) is 0 Å². The molecule has 0 spiro atoms. The number of nitro benzene ring substituents is 1. The predicted molar refractivity (Wildman–Crippen MR) is 121 cm³/mol. The highest BCUT2D eigenvalue weighted by Crippen LogP contribution is 2.25. The SMILES string of the molecule is CC[C@@H](C(=O)NC(C)C)N(Cc1ccc(Cl)cc1Cl)C(=O)Cc1ccccc1[N+](=O)[O-]. The Hall–Kier alpha value is -2.64. The predicted octanol–water partition coefficient (Wildman–Crippen LogP) is 4.78. The number of nitrogens with one attached hydrogen (secondary N) is 1. The van der Waals surface area contributed by atoms with Gasteiger partial charge in [-0.25, -0.2) is 0 Å². The fraction of sp³-hybridized carbons (Fsp3) is 0.364. The molecule has 1 N–H and O–H groups in total. The summed E-state index contributed by atoms with van der Waals surface area (Å²) < 4.78 is 0. The van der Waals surface area contributed by atoms with E-state index in [-0.39, 0.29) is 36.2 Å². The second kappa shape index (κ2) is 11.1. The molecule has 0 fully saturated rings. The average Bonchev–Trinajstić information content (AvgIpc) is 2.69. The minimum absolute atomic E-state index is 0.0689. The molecule has 2 aromatic carbocycles. The van der Waals surface area contributed by atoms with E-state index in [1.807, 2.05) is 13.8 Å². The summed E-state index contributed by atoms with van der Waals surface area (Å²) in [5.41, 5.74) is 0.765. The molecule has 0 aliphatic carbocycles.